The van der Waals surface area contributed by atoms with Gasteiger partial charge in [0.05, 0.1) is 11.9 Å². The van der Waals surface area contributed by atoms with Crippen LogP contribution >= 0.6 is 0 Å². The highest BCUT2D eigenvalue weighted by Gasteiger charge is 2.02. The summed E-state index contributed by atoms with van der Waals surface area (Å²) in [5.41, 5.74) is 0.719. The van der Waals surface area contributed by atoms with Gasteiger partial charge in [-0.05, 0) is 13.0 Å². The fraction of sp³-hybridized carbons (Fsp3) is 0.600. The van der Waals surface area contributed by atoms with Crippen LogP contribution in [0.1, 0.15) is 26.7 Å². The molecule has 5 nitrogen and oxygen atoms in total. The molecule has 1 heterocycles. The highest BCUT2D eigenvalue weighted by atomic mass is 16.1. The Morgan fingerprint density at radius 3 is 3.00 bits per heavy atom. The van der Waals surface area contributed by atoms with Crippen LogP contribution in [0.15, 0.2) is 12.4 Å². The van der Waals surface area contributed by atoms with E-state index in [0.717, 1.165) is 18.7 Å². The van der Waals surface area contributed by atoms with Gasteiger partial charge < -0.3 is 10.6 Å². The zero-order valence-corrected chi connectivity index (χ0v) is 9.21. The van der Waals surface area contributed by atoms with Crippen LogP contribution in [0.25, 0.3) is 0 Å². The third-order valence-corrected chi connectivity index (χ3v) is 1.92. The van der Waals surface area contributed by atoms with Crippen molar-refractivity contribution in [1.82, 2.24) is 15.5 Å². The number of aromatic amines is 1. The summed E-state index contributed by atoms with van der Waals surface area (Å²) in [6.07, 6.45) is 4.63. The van der Waals surface area contributed by atoms with Gasteiger partial charge in [-0.3, -0.25) is 9.89 Å². The first-order valence-electron chi connectivity index (χ1n) is 5.20. The van der Waals surface area contributed by atoms with Crippen LogP contribution in [0.3, 0.4) is 0 Å². The van der Waals surface area contributed by atoms with E-state index < -0.39 is 0 Å². The number of rotatable bonds is 6. The Hall–Kier alpha value is -1.36. The summed E-state index contributed by atoms with van der Waals surface area (Å²) in [5, 5.41) is 12.4. The third-order valence-electron chi connectivity index (χ3n) is 1.92. The van der Waals surface area contributed by atoms with Crippen molar-refractivity contribution < 1.29 is 4.79 Å². The number of carbonyl (C=O) groups is 1. The minimum absolute atomic E-state index is 0.0296. The van der Waals surface area contributed by atoms with E-state index in [4.69, 9.17) is 0 Å². The maximum atomic E-state index is 11.4. The molecule has 5 heteroatoms. The number of amides is 1. The monoisotopic (exact) mass is 210 g/mol. The summed E-state index contributed by atoms with van der Waals surface area (Å²) >= 11 is 0. The fourth-order valence-electron chi connectivity index (χ4n) is 1.18. The standard InChI is InChI=1S/C10H18N4O/c1-8(2)11-5-3-4-10(15)14-9-6-12-13-7-9/h6-8,11H,3-5H2,1-2H3,(H,12,13)(H,14,15). The largest absolute Gasteiger partial charge is 0.323 e. The van der Waals surface area contributed by atoms with E-state index in [-0.39, 0.29) is 5.91 Å². The highest BCUT2D eigenvalue weighted by Crippen LogP contribution is 2.02. The summed E-state index contributed by atoms with van der Waals surface area (Å²) < 4.78 is 0. The molecule has 0 aliphatic heterocycles. The van der Waals surface area contributed by atoms with E-state index in [2.05, 4.69) is 34.7 Å². The Kier molecular flexibility index (Phi) is 4.83. The topological polar surface area (TPSA) is 69.8 Å². The molecular formula is C10H18N4O. The Labute approximate surface area is 89.6 Å². The van der Waals surface area contributed by atoms with Crippen molar-refractivity contribution in [3.05, 3.63) is 12.4 Å². The maximum Gasteiger partial charge on any atom is 0.224 e. The molecule has 0 aliphatic rings. The summed E-state index contributed by atoms with van der Waals surface area (Å²) in [6, 6.07) is 0.474. The number of hydrogen-bond acceptors (Lipinski definition) is 3. The summed E-state index contributed by atoms with van der Waals surface area (Å²) in [4.78, 5) is 11.4. The molecule has 0 fully saturated rings. The molecule has 1 rings (SSSR count). The SMILES string of the molecule is CC(C)NCCCC(=O)Nc1cn[nH]c1. The molecule has 0 bridgehead atoms. The van der Waals surface area contributed by atoms with E-state index in [1.54, 1.807) is 12.4 Å². The molecule has 0 saturated heterocycles. The number of aromatic nitrogens is 2. The van der Waals surface area contributed by atoms with Gasteiger partial charge in [-0.25, -0.2) is 0 Å². The lowest BCUT2D eigenvalue weighted by Crippen LogP contribution is -2.24. The average molecular weight is 210 g/mol. The number of H-pyrrole nitrogens is 1. The number of nitrogens with one attached hydrogen (secondary N) is 3. The van der Waals surface area contributed by atoms with Gasteiger partial charge in [0.2, 0.25) is 5.91 Å². The quantitative estimate of drug-likeness (QED) is 0.616. The molecule has 3 N–H and O–H groups in total. The molecule has 0 atom stereocenters. The smallest absolute Gasteiger partial charge is 0.224 e. The minimum Gasteiger partial charge on any atom is -0.323 e. The van der Waals surface area contributed by atoms with Crippen molar-refractivity contribution in [3.8, 4) is 0 Å². The summed E-state index contributed by atoms with van der Waals surface area (Å²) in [7, 11) is 0. The molecule has 1 aromatic rings. The molecule has 84 valence electrons. The Morgan fingerprint density at radius 1 is 1.60 bits per heavy atom. The van der Waals surface area contributed by atoms with Gasteiger partial charge in [0.25, 0.3) is 0 Å². The molecular weight excluding hydrogens is 192 g/mol. The molecule has 0 spiro atoms. The second kappa shape index (κ2) is 6.19. The predicted molar refractivity (Wildman–Crippen MR) is 59.6 cm³/mol. The lowest BCUT2D eigenvalue weighted by atomic mass is 10.2. The van der Waals surface area contributed by atoms with Gasteiger partial charge >= 0.3 is 0 Å². The molecule has 1 amide bonds. The number of carbonyl (C=O) groups excluding carboxylic acids is 1. The molecule has 0 aromatic carbocycles. The van der Waals surface area contributed by atoms with Crippen molar-refractivity contribution in [2.24, 2.45) is 0 Å². The summed E-state index contributed by atoms with van der Waals surface area (Å²) in [6.45, 7) is 5.05. The van der Waals surface area contributed by atoms with E-state index in [9.17, 15) is 4.79 Å². The van der Waals surface area contributed by atoms with Gasteiger partial charge in [-0.15, -0.1) is 0 Å². The molecule has 0 unspecified atom stereocenters. The summed E-state index contributed by atoms with van der Waals surface area (Å²) in [5.74, 6) is 0.0296. The van der Waals surface area contributed by atoms with Crippen molar-refractivity contribution in [2.45, 2.75) is 32.7 Å². The van der Waals surface area contributed by atoms with E-state index in [0.29, 0.717) is 12.5 Å². The van der Waals surface area contributed by atoms with Gasteiger partial charge in [-0.2, -0.15) is 5.10 Å². The zero-order valence-electron chi connectivity index (χ0n) is 9.21. The number of anilines is 1. The first-order valence-corrected chi connectivity index (χ1v) is 5.20. The van der Waals surface area contributed by atoms with Crippen LogP contribution < -0.4 is 10.6 Å². The fourth-order valence-corrected chi connectivity index (χ4v) is 1.18. The second-order valence-corrected chi connectivity index (χ2v) is 3.75. The number of nitrogens with zero attached hydrogens (tertiary/aromatic N) is 1. The van der Waals surface area contributed by atoms with Crippen LogP contribution in [0.2, 0.25) is 0 Å². The van der Waals surface area contributed by atoms with Crippen LogP contribution in [-0.2, 0) is 4.79 Å². The molecule has 0 aliphatic carbocycles. The van der Waals surface area contributed by atoms with Crippen molar-refractivity contribution in [2.75, 3.05) is 11.9 Å². The van der Waals surface area contributed by atoms with E-state index in [1.807, 2.05) is 0 Å². The van der Waals surface area contributed by atoms with Crippen LogP contribution in [0, 0.1) is 0 Å². The molecule has 15 heavy (non-hydrogen) atoms. The Bertz CT molecular complexity index is 282. The van der Waals surface area contributed by atoms with Gasteiger partial charge in [0, 0.05) is 18.7 Å². The van der Waals surface area contributed by atoms with E-state index in [1.165, 1.54) is 0 Å². The Morgan fingerprint density at radius 2 is 2.40 bits per heavy atom. The van der Waals surface area contributed by atoms with Crippen LogP contribution in [-0.4, -0.2) is 28.7 Å². The zero-order chi connectivity index (χ0) is 11.1. The van der Waals surface area contributed by atoms with Crippen LogP contribution in [0.4, 0.5) is 5.69 Å². The van der Waals surface area contributed by atoms with Gasteiger partial charge in [0.1, 0.15) is 0 Å². The van der Waals surface area contributed by atoms with E-state index >= 15 is 0 Å². The van der Waals surface area contributed by atoms with Crippen molar-refractivity contribution in [1.29, 1.82) is 0 Å². The van der Waals surface area contributed by atoms with Crippen molar-refractivity contribution in [3.63, 3.8) is 0 Å². The minimum atomic E-state index is 0.0296. The second-order valence-electron chi connectivity index (χ2n) is 3.75. The average Bonchev–Trinajstić information content (AvgIpc) is 2.64. The Balaban J connectivity index is 2.09. The first-order chi connectivity index (χ1) is 7.18. The molecule has 0 saturated carbocycles. The molecule has 0 radical (unpaired) electrons. The highest BCUT2D eigenvalue weighted by molar-refractivity contribution is 5.90. The molecule has 1 aromatic heterocycles. The lowest BCUT2D eigenvalue weighted by molar-refractivity contribution is -0.116. The lowest BCUT2D eigenvalue weighted by Gasteiger charge is -2.07. The van der Waals surface area contributed by atoms with Gasteiger partial charge in [-0.1, -0.05) is 13.8 Å². The maximum absolute atomic E-state index is 11.4. The first kappa shape index (κ1) is 11.7. The third kappa shape index (κ3) is 5.17. The van der Waals surface area contributed by atoms with Gasteiger partial charge in [0.15, 0.2) is 0 Å². The normalized spacial score (nSPS) is 10.6. The van der Waals surface area contributed by atoms with Crippen LogP contribution in [0.5, 0.6) is 0 Å². The van der Waals surface area contributed by atoms with Crippen molar-refractivity contribution >= 4 is 11.6 Å². The predicted octanol–water partition coefficient (Wildman–Crippen LogP) is 1.13. The number of hydrogen-bond donors (Lipinski definition) is 3.